The Balaban J connectivity index is 1.55. The zero-order valence-corrected chi connectivity index (χ0v) is 17.1. The van der Waals surface area contributed by atoms with E-state index < -0.39 is 15.9 Å². The molecule has 0 radical (unpaired) electrons. The van der Waals surface area contributed by atoms with Crippen molar-refractivity contribution in [1.82, 2.24) is 15.1 Å². The van der Waals surface area contributed by atoms with Crippen LogP contribution in [0.3, 0.4) is 0 Å². The average Bonchev–Trinajstić information content (AvgIpc) is 3.24. The Morgan fingerprint density at radius 1 is 1.20 bits per heavy atom. The maximum absolute atomic E-state index is 12.4. The number of benzene rings is 1. The summed E-state index contributed by atoms with van der Waals surface area (Å²) in [5.74, 6) is -0.158. The van der Waals surface area contributed by atoms with Gasteiger partial charge in [-0.15, -0.1) is 0 Å². The van der Waals surface area contributed by atoms with Gasteiger partial charge in [0.1, 0.15) is 5.69 Å². The van der Waals surface area contributed by atoms with Crippen molar-refractivity contribution in [2.45, 2.75) is 24.8 Å². The van der Waals surface area contributed by atoms with Gasteiger partial charge in [0.05, 0.1) is 23.6 Å². The van der Waals surface area contributed by atoms with Crippen LogP contribution in [0.1, 0.15) is 12.5 Å². The fraction of sp³-hybridized carbons (Fsp3) is 0.250. The van der Waals surface area contributed by atoms with Crippen molar-refractivity contribution in [3.8, 4) is 11.5 Å². The molecule has 0 aliphatic rings. The molecule has 3 aromatic rings. The van der Waals surface area contributed by atoms with Gasteiger partial charge in [0.15, 0.2) is 5.76 Å². The molecular weight excluding hydrogens is 408 g/mol. The topological polar surface area (TPSA) is 137 Å². The number of nitrogens with two attached hydrogens (primary N) is 1. The van der Waals surface area contributed by atoms with Crippen molar-refractivity contribution in [2.75, 3.05) is 6.54 Å². The fourth-order valence-electron chi connectivity index (χ4n) is 2.83. The number of amides is 1. The lowest BCUT2D eigenvalue weighted by Crippen LogP contribution is -2.35. The third kappa shape index (κ3) is 5.43. The molecule has 2 heterocycles. The molecule has 0 unspecified atom stereocenters. The highest BCUT2D eigenvalue weighted by molar-refractivity contribution is 7.89. The minimum Gasteiger partial charge on any atom is -0.463 e. The van der Waals surface area contributed by atoms with Crippen molar-refractivity contribution in [2.24, 2.45) is 11.1 Å². The van der Waals surface area contributed by atoms with Gasteiger partial charge >= 0.3 is 0 Å². The third-order valence-corrected chi connectivity index (χ3v) is 5.43. The first-order chi connectivity index (χ1) is 14.2. The maximum Gasteiger partial charge on any atom is 0.266 e. The van der Waals surface area contributed by atoms with Crippen LogP contribution in [-0.2, 0) is 27.8 Å². The summed E-state index contributed by atoms with van der Waals surface area (Å²) in [6.07, 6.45) is 2.04. The Bertz CT molecular complexity index is 1170. The lowest BCUT2D eigenvalue weighted by atomic mass is 10.1. The van der Waals surface area contributed by atoms with Crippen LogP contribution < -0.4 is 16.0 Å². The van der Waals surface area contributed by atoms with E-state index in [1.165, 1.54) is 29.1 Å². The summed E-state index contributed by atoms with van der Waals surface area (Å²) in [5.41, 5.74) is 1.06. The zero-order valence-electron chi connectivity index (χ0n) is 16.3. The number of nitrogens with one attached hydrogen (secondary N) is 1. The molecule has 0 spiro atoms. The summed E-state index contributed by atoms with van der Waals surface area (Å²) in [6.45, 7) is 2.21. The van der Waals surface area contributed by atoms with Gasteiger partial charge in [0, 0.05) is 12.6 Å². The monoisotopic (exact) mass is 430 g/mol. The number of hydrogen-bond acceptors (Lipinski definition) is 6. The molecule has 2 aromatic heterocycles. The standard InChI is InChI=1S/C20H22N4O5S/c1-14(13-24-19(25)9-8-17(23-24)18-3-2-12-29-18)20(26)22-11-10-15-4-6-16(7-5-15)30(21,27)28/h2-9,12,14H,10-11,13H2,1H3,(H,22,26)(H2,21,27,28)/t14-/m1/s1. The summed E-state index contributed by atoms with van der Waals surface area (Å²) < 4.78 is 29.1. The Morgan fingerprint density at radius 3 is 2.57 bits per heavy atom. The van der Waals surface area contributed by atoms with E-state index in [1.54, 1.807) is 37.3 Å². The van der Waals surface area contributed by atoms with Crippen molar-refractivity contribution in [3.63, 3.8) is 0 Å². The second-order valence-electron chi connectivity index (χ2n) is 6.85. The van der Waals surface area contributed by atoms with Gasteiger partial charge in [0.25, 0.3) is 5.56 Å². The number of primary sulfonamides is 1. The SMILES string of the molecule is C[C@H](Cn1nc(-c2ccco2)ccc1=O)C(=O)NCCc1ccc(S(N)(=O)=O)cc1. The molecule has 0 saturated carbocycles. The Kier molecular flexibility index (Phi) is 6.48. The molecule has 0 aliphatic heterocycles. The number of carbonyl (C=O) groups is 1. The second-order valence-corrected chi connectivity index (χ2v) is 8.41. The fourth-order valence-corrected chi connectivity index (χ4v) is 3.34. The highest BCUT2D eigenvalue weighted by Gasteiger charge is 2.15. The van der Waals surface area contributed by atoms with Crippen molar-refractivity contribution in [3.05, 3.63) is 70.7 Å². The molecule has 158 valence electrons. The van der Waals surface area contributed by atoms with Gasteiger partial charge in [0.2, 0.25) is 15.9 Å². The van der Waals surface area contributed by atoms with Crippen LogP contribution >= 0.6 is 0 Å². The number of carbonyl (C=O) groups excluding carboxylic acids is 1. The van der Waals surface area contributed by atoms with Gasteiger partial charge in [-0.25, -0.2) is 18.2 Å². The van der Waals surface area contributed by atoms with Crippen LogP contribution in [0.2, 0.25) is 0 Å². The molecule has 1 atom stereocenters. The van der Waals surface area contributed by atoms with Crippen LogP contribution in [0.25, 0.3) is 11.5 Å². The molecule has 0 fully saturated rings. The van der Waals surface area contributed by atoms with Gasteiger partial charge < -0.3 is 9.73 Å². The molecule has 0 saturated heterocycles. The van der Waals surface area contributed by atoms with Gasteiger partial charge in [-0.3, -0.25) is 9.59 Å². The van der Waals surface area contributed by atoms with E-state index >= 15 is 0 Å². The van der Waals surface area contributed by atoms with Gasteiger partial charge in [-0.05, 0) is 42.3 Å². The number of hydrogen-bond donors (Lipinski definition) is 2. The summed E-state index contributed by atoms with van der Waals surface area (Å²) in [4.78, 5) is 24.5. The first-order valence-electron chi connectivity index (χ1n) is 9.25. The van der Waals surface area contributed by atoms with Crippen molar-refractivity contribution in [1.29, 1.82) is 0 Å². The van der Waals surface area contributed by atoms with Crippen LogP contribution in [0.5, 0.6) is 0 Å². The Labute approximate surface area is 173 Å². The van der Waals surface area contributed by atoms with Gasteiger partial charge in [-0.2, -0.15) is 5.10 Å². The van der Waals surface area contributed by atoms with Crippen LogP contribution in [0.15, 0.2) is 68.9 Å². The number of furan rings is 1. The quantitative estimate of drug-likeness (QED) is 0.550. The van der Waals surface area contributed by atoms with Crippen LogP contribution in [0.4, 0.5) is 0 Å². The first kappa shape index (κ1) is 21.5. The average molecular weight is 430 g/mol. The molecule has 3 N–H and O–H groups in total. The lowest BCUT2D eigenvalue weighted by molar-refractivity contribution is -0.124. The minimum absolute atomic E-state index is 0.0404. The molecule has 3 rings (SSSR count). The molecule has 30 heavy (non-hydrogen) atoms. The number of aromatic nitrogens is 2. The van der Waals surface area contributed by atoms with Crippen LogP contribution in [0, 0.1) is 5.92 Å². The number of sulfonamides is 1. The molecule has 0 bridgehead atoms. The van der Waals surface area contributed by atoms with E-state index in [-0.39, 0.29) is 22.9 Å². The lowest BCUT2D eigenvalue weighted by Gasteiger charge is -2.13. The summed E-state index contributed by atoms with van der Waals surface area (Å²) in [6, 6.07) is 12.6. The normalized spacial score (nSPS) is 12.5. The van der Waals surface area contributed by atoms with E-state index in [9.17, 15) is 18.0 Å². The largest absolute Gasteiger partial charge is 0.463 e. The van der Waals surface area contributed by atoms with E-state index in [2.05, 4.69) is 10.4 Å². The maximum atomic E-state index is 12.4. The molecule has 10 heteroatoms. The van der Waals surface area contributed by atoms with E-state index in [1.807, 2.05) is 0 Å². The minimum atomic E-state index is -3.73. The summed E-state index contributed by atoms with van der Waals surface area (Å²) >= 11 is 0. The highest BCUT2D eigenvalue weighted by Crippen LogP contribution is 2.15. The second kappa shape index (κ2) is 9.06. The summed E-state index contributed by atoms with van der Waals surface area (Å²) in [7, 11) is -3.73. The van der Waals surface area contributed by atoms with Crippen LogP contribution in [-0.4, -0.2) is 30.7 Å². The molecule has 0 aliphatic carbocycles. The summed E-state index contributed by atoms with van der Waals surface area (Å²) in [5, 5.41) is 12.1. The molecule has 1 aromatic carbocycles. The smallest absolute Gasteiger partial charge is 0.266 e. The Hall–Kier alpha value is -3.24. The van der Waals surface area contributed by atoms with E-state index in [4.69, 9.17) is 9.56 Å². The van der Waals surface area contributed by atoms with E-state index in [0.29, 0.717) is 24.4 Å². The van der Waals surface area contributed by atoms with Gasteiger partial charge in [-0.1, -0.05) is 19.1 Å². The third-order valence-electron chi connectivity index (χ3n) is 4.50. The van der Waals surface area contributed by atoms with E-state index in [0.717, 1.165) is 5.56 Å². The molecule has 9 nitrogen and oxygen atoms in total. The van der Waals surface area contributed by atoms with Crippen molar-refractivity contribution >= 4 is 15.9 Å². The predicted octanol–water partition coefficient (Wildman–Crippen LogP) is 1.15. The highest BCUT2D eigenvalue weighted by atomic mass is 32.2. The molecular formula is C20H22N4O5S. The number of nitrogens with zero attached hydrogens (tertiary/aromatic N) is 2. The predicted molar refractivity (Wildman–Crippen MR) is 110 cm³/mol. The molecule has 1 amide bonds. The Morgan fingerprint density at radius 2 is 1.93 bits per heavy atom. The number of rotatable bonds is 8. The zero-order chi connectivity index (χ0) is 21.7. The van der Waals surface area contributed by atoms with Crippen molar-refractivity contribution < 1.29 is 17.6 Å². The first-order valence-corrected chi connectivity index (χ1v) is 10.8.